The Bertz CT molecular complexity index is 1250. The van der Waals surface area contributed by atoms with Gasteiger partial charge in [0, 0.05) is 20.2 Å². The molecule has 1 aliphatic rings. The lowest BCUT2D eigenvalue weighted by Crippen LogP contribution is -2.20. The Labute approximate surface area is 178 Å². The summed E-state index contributed by atoms with van der Waals surface area (Å²) < 4.78 is 18.7. The highest BCUT2D eigenvalue weighted by Crippen LogP contribution is 2.38. The molecule has 0 fully saturated rings. The number of imidazole rings is 1. The van der Waals surface area contributed by atoms with Crippen LogP contribution in [0.3, 0.4) is 0 Å². The quantitative estimate of drug-likeness (QED) is 0.331. The van der Waals surface area contributed by atoms with Gasteiger partial charge in [-0.15, -0.1) is 0 Å². The minimum Gasteiger partial charge on any atom is -0.325 e. The molecular formula is C22H14Br2FN3. The molecular weight excluding hydrogens is 485 g/mol. The van der Waals surface area contributed by atoms with Crippen molar-refractivity contribution < 1.29 is 4.39 Å². The predicted molar refractivity (Wildman–Crippen MR) is 118 cm³/mol. The molecule has 28 heavy (non-hydrogen) atoms. The van der Waals surface area contributed by atoms with Gasteiger partial charge in [0.1, 0.15) is 5.82 Å². The average Bonchev–Trinajstić information content (AvgIpc) is 3.08. The maximum absolute atomic E-state index is 14.8. The van der Waals surface area contributed by atoms with Gasteiger partial charge in [-0.1, -0.05) is 56.1 Å². The fraction of sp³-hybridized carbons (Fsp3) is 0.0455. The number of anilines is 1. The van der Waals surface area contributed by atoms with E-state index in [9.17, 15) is 4.39 Å². The largest absolute Gasteiger partial charge is 0.325 e. The molecule has 1 atom stereocenters. The SMILES string of the molecule is Fc1ccc(Br)cc1C1C=C(c2cccc(Br)c2)Nc2nc3ccccc3n21. The van der Waals surface area contributed by atoms with Crippen molar-refractivity contribution in [3.05, 3.63) is 98.7 Å². The minimum absolute atomic E-state index is 0.247. The van der Waals surface area contributed by atoms with Crippen LogP contribution in [0.5, 0.6) is 0 Å². The number of para-hydroxylation sites is 2. The molecule has 1 aliphatic heterocycles. The summed E-state index contributed by atoms with van der Waals surface area (Å²) in [6.07, 6.45) is 2.05. The first-order chi connectivity index (χ1) is 13.6. The zero-order chi connectivity index (χ0) is 19.3. The van der Waals surface area contributed by atoms with E-state index in [-0.39, 0.29) is 11.9 Å². The molecule has 3 nitrogen and oxygen atoms in total. The van der Waals surface area contributed by atoms with E-state index in [1.165, 1.54) is 6.07 Å². The third-order valence-corrected chi connectivity index (χ3v) is 5.84. The summed E-state index contributed by atoms with van der Waals surface area (Å²) in [6, 6.07) is 20.6. The summed E-state index contributed by atoms with van der Waals surface area (Å²) in [6.45, 7) is 0. The van der Waals surface area contributed by atoms with E-state index in [2.05, 4.69) is 37.2 Å². The van der Waals surface area contributed by atoms with Gasteiger partial charge in [-0.05, 0) is 54.1 Å². The monoisotopic (exact) mass is 497 g/mol. The van der Waals surface area contributed by atoms with Crippen molar-refractivity contribution in [2.75, 3.05) is 5.32 Å². The standard InChI is InChI=1S/C22H14Br2FN3/c23-14-5-3-4-13(10-14)19-12-21(16-11-15(24)8-9-17(16)25)28-20-7-2-1-6-18(20)26-22(28)27-19/h1-12,21H,(H,26,27). The summed E-state index contributed by atoms with van der Waals surface area (Å²) in [5.74, 6) is 0.451. The Hall–Kier alpha value is -2.44. The molecule has 0 amide bonds. The number of hydrogen-bond donors (Lipinski definition) is 1. The van der Waals surface area contributed by atoms with Gasteiger partial charge < -0.3 is 5.32 Å². The summed E-state index contributed by atoms with van der Waals surface area (Å²) in [5.41, 5.74) is 4.32. The predicted octanol–water partition coefficient (Wildman–Crippen LogP) is 6.76. The number of hydrogen-bond acceptors (Lipinski definition) is 2. The van der Waals surface area contributed by atoms with Crippen molar-refractivity contribution in [3.63, 3.8) is 0 Å². The highest BCUT2D eigenvalue weighted by Gasteiger charge is 2.27. The number of fused-ring (bicyclic) bond motifs is 3. The third kappa shape index (κ3) is 2.97. The number of aromatic nitrogens is 2. The van der Waals surface area contributed by atoms with Crippen LogP contribution in [0, 0.1) is 5.82 Å². The molecule has 0 radical (unpaired) electrons. The summed E-state index contributed by atoms with van der Waals surface area (Å²) >= 11 is 7.01. The van der Waals surface area contributed by atoms with Gasteiger partial charge in [-0.25, -0.2) is 9.37 Å². The summed E-state index contributed by atoms with van der Waals surface area (Å²) in [7, 11) is 0. The molecule has 1 N–H and O–H groups in total. The Morgan fingerprint density at radius 2 is 1.75 bits per heavy atom. The number of allylic oxidation sites excluding steroid dienone is 1. The highest BCUT2D eigenvalue weighted by molar-refractivity contribution is 9.10. The molecule has 4 aromatic rings. The second kappa shape index (κ2) is 6.87. The fourth-order valence-corrected chi connectivity index (χ4v) is 4.38. The minimum atomic E-state index is -0.324. The van der Waals surface area contributed by atoms with Gasteiger partial charge >= 0.3 is 0 Å². The molecule has 1 unspecified atom stereocenters. The van der Waals surface area contributed by atoms with Gasteiger partial charge in [0.15, 0.2) is 0 Å². The van der Waals surface area contributed by atoms with Crippen molar-refractivity contribution in [1.29, 1.82) is 0 Å². The maximum Gasteiger partial charge on any atom is 0.209 e. The second-order valence-corrected chi connectivity index (χ2v) is 8.45. The zero-order valence-electron chi connectivity index (χ0n) is 14.5. The third-order valence-electron chi connectivity index (χ3n) is 4.86. The Morgan fingerprint density at radius 1 is 0.929 bits per heavy atom. The molecule has 0 bridgehead atoms. The summed E-state index contributed by atoms with van der Waals surface area (Å²) in [4.78, 5) is 4.74. The molecule has 0 saturated carbocycles. The van der Waals surface area contributed by atoms with E-state index < -0.39 is 0 Å². The van der Waals surface area contributed by atoms with Crippen molar-refractivity contribution in [1.82, 2.24) is 9.55 Å². The van der Waals surface area contributed by atoms with E-state index in [0.29, 0.717) is 11.5 Å². The van der Waals surface area contributed by atoms with Crippen LogP contribution in [-0.4, -0.2) is 9.55 Å². The van der Waals surface area contributed by atoms with Gasteiger partial charge in [-0.3, -0.25) is 4.57 Å². The molecule has 1 aromatic heterocycles. The lowest BCUT2D eigenvalue weighted by Gasteiger charge is -2.27. The van der Waals surface area contributed by atoms with Crippen LogP contribution in [0.2, 0.25) is 0 Å². The Balaban J connectivity index is 1.76. The van der Waals surface area contributed by atoms with Crippen LogP contribution >= 0.6 is 31.9 Å². The van der Waals surface area contributed by atoms with Crippen LogP contribution in [0.25, 0.3) is 16.7 Å². The highest BCUT2D eigenvalue weighted by atomic mass is 79.9. The van der Waals surface area contributed by atoms with Gasteiger partial charge in [0.05, 0.1) is 17.1 Å². The van der Waals surface area contributed by atoms with Gasteiger partial charge in [0.2, 0.25) is 5.95 Å². The Kier molecular flexibility index (Phi) is 4.33. The first-order valence-corrected chi connectivity index (χ1v) is 10.4. The molecule has 2 heterocycles. The number of rotatable bonds is 2. The van der Waals surface area contributed by atoms with Crippen LogP contribution < -0.4 is 5.32 Å². The lowest BCUT2D eigenvalue weighted by atomic mass is 10.0. The number of nitrogens with one attached hydrogen (secondary N) is 1. The van der Waals surface area contributed by atoms with Gasteiger partial charge in [0.25, 0.3) is 0 Å². The second-order valence-electron chi connectivity index (χ2n) is 6.62. The van der Waals surface area contributed by atoms with E-state index in [1.54, 1.807) is 6.07 Å². The van der Waals surface area contributed by atoms with Crippen LogP contribution in [-0.2, 0) is 0 Å². The molecule has 0 aliphatic carbocycles. The van der Waals surface area contributed by atoms with Crippen molar-refractivity contribution >= 4 is 54.5 Å². The van der Waals surface area contributed by atoms with E-state index in [1.807, 2.05) is 65.2 Å². The van der Waals surface area contributed by atoms with Gasteiger partial charge in [-0.2, -0.15) is 0 Å². The fourth-order valence-electron chi connectivity index (χ4n) is 3.60. The lowest BCUT2D eigenvalue weighted by molar-refractivity contribution is 0.583. The molecule has 6 heteroatoms. The smallest absolute Gasteiger partial charge is 0.209 e. The van der Waals surface area contributed by atoms with E-state index in [4.69, 9.17) is 4.98 Å². The number of nitrogens with zero attached hydrogens (tertiary/aromatic N) is 2. The van der Waals surface area contributed by atoms with E-state index in [0.717, 1.165) is 31.2 Å². The molecule has 3 aromatic carbocycles. The topological polar surface area (TPSA) is 29.9 Å². The van der Waals surface area contributed by atoms with Crippen molar-refractivity contribution in [2.24, 2.45) is 0 Å². The van der Waals surface area contributed by atoms with Crippen LogP contribution in [0.15, 0.2) is 81.8 Å². The zero-order valence-corrected chi connectivity index (χ0v) is 17.7. The van der Waals surface area contributed by atoms with Crippen molar-refractivity contribution in [3.8, 4) is 0 Å². The Morgan fingerprint density at radius 3 is 2.61 bits per heavy atom. The first-order valence-electron chi connectivity index (χ1n) is 8.77. The average molecular weight is 499 g/mol. The maximum atomic E-state index is 14.8. The first kappa shape index (κ1) is 17.6. The number of halogens is 3. The molecule has 5 rings (SSSR count). The molecule has 138 valence electrons. The van der Waals surface area contributed by atoms with Crippen molar-refractivity contribution in [2.45, 2.75) is 6.04 Å². The van der Waals surface area contributed by atoms with Crippen LogP contribution in [0.4, 0.5) is 10.3 Å². The van der Waals surface area contributed by atoms with Crippen LogP contribution in [0.1, 0.15) is 17.2 Å². The summed E-state index contributed by atoms with van der Waals surface area (Å²) in [5, 5.41) is 3.42. The molecule has 0 saturated heterocycles. The molecule has 0 spiro atoms. The normalized spacial score (nSPS) is 15.8. The number of benzene rings is 3. The van der Waals surface area contributed by atoms with E-state index >= 15 is 0 Å².